The molecule has 0 bridgehead atoms. The topological polar surface area (TPSA) is 64.6 Å². The zero-order chi connectivity index (χ0) is 19.1. The summed E-state index contributed by atoms with van der Waals surface area (Å²) in [7, 11) is 0. The summed E-state index contributed by atoms with van der Waals surface area (Å²) in [5, 5.41) is 3.44. The summed E-state index contributed by atoms with van der Waals surface area (Å²) in [5.74, 6) is -0.0613. The second-order valence-electron chi connectivity index (χ2n) is 5.71. The Morgan fingerprint density at radius 1 is 1.12 bits per heavy atom. The first-order valence-electron chi connectivity index (χ1n) is 8.45. The second-order valence-corrected chi connectivity index (χ2v) is 6.12. The molecule has 138 valence electrons. The predicted molar refractivity (Wildman–Crippen MR) is 102 cm³/mol. The number of halogens is 1. The number of nitrogens with one attached hydrogen (secondary N) is 1. The van der Waals surface area contributed by atoms with Crippen LogP contribution in [0.4, 0.5) is 5.69 Å². The Labute approximate surface area is 158 Å². The van der Waals surface area contributed by atoms with E-state index in [1.165, 1.54) is 0 Å². The van der Waals surface area contributed by atoms with Crippen LogP contribution in [0.2, 0.25) is 5.02 Å². The van der Waals surface area contributed by atoms with E-state index in [1.807, 2.05) is 13.8 Å². The number of esters is 1. The summed E-state index contributed by atoms with van der Waals surface area (Å²) in [4.78, 5) is 24.1. The zero-order valence-corrected chi connectivity index (χ0v) is 15.8. The molecule has 2 aromatic carbocycles. The minimum absolute atomic E-state index is 0.260. The molecule has 1 N–H and O–H groups in total. The molecule has 6 heteroatoms. The highest BCUT2D eigenvalue weighted by Gasteiger charge is 2.19. The van der Waals surface area contributed by atoms with Crippen LogP contribution in [-0.4, -0.2) is 24.6 Å². The molecule has 1 atom stereocenters. The Balaban J connectivity index is 2.02. The van der Waals surface area contributed by atoms with Crippen molar-refractivity contribution in [3.8, 4) is 5.75 Å². The van der Waals surface area contributed by atoms with Gasteiger partial charge in [0.25, 0.3) is 5.91 Å². The van der Waals surface area contributed by atoms with Gasteiger partial charge in [0.05, 0.1) is 12.2 Å². The molecule has 5 nitrogen and oxygen atoms in total. The predicted octanol–water partition coefficient (Wildman–Crippen LogP) is 4.62. The van der Waals surface area contributed by atoms with Gasteiger partial charge >= 0.3 is 5.97 Å². The molecule has 0 aromatic heterocycles. The standard InChI is InChI=1S/C20H22ClNO4/c1-4-18(26-16-10-11-17(21)13(3)12-16)19(23)22-15-8-6-14(7-9-15)20(24)25-5-2/h6-12,18H,4-5H2,1-3H3,(H,22,23)/t18-/m0/s1. The summed E-state index contributed by atoms with van der Waals surface area (Å²) in [6.07, 6.45) is -0.130. The fourth-order valence-electron chi connectivity index (χ4n) is 2.30. The van der Waals surface area contributed by atoms with Crippen molar-refractivity contribution in [1.29, 1.82) is 0 Å². The van der Waals surface area contributed by atoms with Gasteiger partial charge < -0.3 is 14.8 Å². The number of rotatable bonds is 7. The molecule has 0 radical (unpaired) electrons. The van der Waals surface area contributed by atoms with Crippen molar-refractivity contribution in [3.05, 3.63) is 58.6 Å². The van der Waals surface area contributed by atoms with Crippen LogP contribution in [0.5, 0.6) is 5.75 Å². The highest BCUT2D eigenvalue weighted by molar-refractivity contribution is 6.31. The maximum Gasteiger partial charge on any atom is 0.338 e. The summed E-state index contributed by atoms with van der Waals surface area (Å²) < 4.78 is 10.7. The number of benzene rings is 2. The largest absolute Gasteiger partial charge is 0.481 e. The van der Waals surface area contributed by atoms with Gasteiger partial charge in [-0.25, -0.2) is 4.79 Å². The van der Waals surface area contributed by atoms with Gasteiger partial charge in [0.1, 0.15) is 5.75 Å². The minimum atomic E-state index is -0.639. The van der Waals surface area contributed by atoms with Crippen molar-refractivity contribution >= 4 is 29.2 Å². The van der Waals surface area contributed by atoms with Gasteiger partial charge in [-0.1, -0.05) is 18.5 Å². The molecule has 0 aliphatic rings. The van der Waals surface area contributed by atoms with Crippen LogP contribution >= 0.6 is 11.6 Å². The maximum absolute atomic E-state index is 12.5. The molecule has 0 saturated carbocycles. The summed E-state index contributed by atoms with van der Waals surface area (Å²) in [5.41, 5.74) is 1.90. The van der Waals surface area contributed by atoms with Crippen LogP contribution in [0, 0.1) is 6.92 Å². The monoisotopic (exact) mass is 375 g/mol. The van der Waals surface area contributed by atoms with Crippen molar-refractivity contribution in [2.45, 2.75) is 33.3 Å². The molecule has 0 saturated heterocycles. The van der Waals surface area contributed by atoms with Crippen LogP contribution in [-0.2, 0) is 9.53 Å². The van der Waals surface area contributed by atoms with Crippen molar-refractivity contribution in [2.24, 2.45) is 0 Å². The van der Waals surface area contributed by atoms with Crippen molar-refractivity contribution in [2.75, 3.05) is 11.9 Å². The Morgan fingerprint density at radius 3 is 2.38 bits per heavy atom. The first-order valence-corrected chi connectivity index (χ1v) is 8.83. The number of aryl methyl sites for hydroxylation is 1. The average Bonchev–Trinajstić information content (AvgIpc) is 2.63. The average molecular weight is 376 g/mol. The number of anilines is 1. The van der Waals surface area contributed by atoms with E-state index in [4.69, 9.17) is 21.1 Å². The van der Waals surface area contributed by atoms with Gasteiger partial charge in [0, 0.05) is 10.7 Å². The lowest BCUT2D eigenvalue weighted by atomic mass is 10.2. The first-order chi connectivity index (χ1) is 12.4. The van der Waals surface area contributed by atoms with Gasteiger partial charge in [-0.3, -0.25) is 4.79 Å². The molecule has 0 spiro atoms. The van der Waals surface area contributed by atoms with E-state index in [1.54, 1.807) is 49.4 Å². The van der Waals surface area contributed by atoms with Gasteiger partial charge in [-0.15, -0.1) is 0 Å². The SMILES string of the molecule is CCOC(=O)c1ccc(NC(=O)[C@H](CC)Oc2ccc(Cl)c(C)c2)cc1. The summed E-state index contributed by atoms with van der Waals surface area (Å²) >= 11 is 6.01. The van der Waals surface area contributed by atoms with Gasteiger partial charge in [-0.05, 0) is 68.3 Å². The Morgan fingerprint density at radius 2 is 1.81 bits per heavy atom. The van der Waals surface area contributed by atoms with E-state index in [9.17, 15) is 9.59 Å². The minimum Gasteiger partial charge on any atom is -0.481 e. The van der Waals surface area contributed by atoms with Crippen LogP contribution < -0.4 is 10.1 Å². The fraction of sp³-hybridized carbons (Fsp3) is 0.300. The number of ether oxygens (including phenoxy) is 2. The van der Waals surface area contributed by atoms with Gasteiger partial charge in [0.15, 0.2) is 6.10 Å². The number of carbonyl (C=O) groups is 2. The van der Waals surface area contributed by atoms with Crippen LogP contribution in [0.25, 0.3) is 0 Å². The lowest BCUT2D eigenvalue weighted by molar-refractivity contribution is -0.122. The third-order valence-electron chi connectivity index (χ3n) is 3.73. The smallest absolute Gasteiger partial charge is 0.338 e. The van der Waals surface area contributed by atoms with E-state index in [0.717, 1.165) is 5.56 Å². The number of amides is 1. The lowest BCUT2D eigenvalue weighted by Crippen LogP contribution is -2.32. The van der Waals surface area contributed by atoms with E-state index < -0.39 is 12.1 Å². The molecule has 0 unspecified atom stereocenters. The highest BCUT2D eigenvalue weighted by atomic mass is 35.5. The number of hydrogen-bond acceptors (Lipinski definition) is 4. The van der Waals surface area contributed by atoms with E-state index in [0.29, 0.717) is 35.1 Å². The first kappa shape index (κ1) is 19.8. The Kier molecular flexibility index (Phi) is 7.04. The molecule has 0 fully saturated rings. The molecule has 0 aliphatic carbocycles. The Bertz CT molecular complexity index is 774. The Hall–Kier alpha value is -2.53. The zero-order valence-electron chi connectivity index (χ0n) is 15.0. The molecule has 1 amide bonds. The van der Waals surface area contributed by atoms with Crippen LogP contribution in [0.3, 0.4) is 0 Å². The summed E-state index contributed by atoms with van der Waals surface area (Å²) in [6.45, 7) is 5.81. The molecule has 2 aromatic rings. The highest BCUT2D eigenvalue weighted by Crippen LogP contribution is 2.23. The van der Waals surface area contributed by atoms with E-state index >= 15 is 0 Å². The maximum atomic E-state index is 12.5. The number of carbonyl (C=O) groups excluding carboxylic acids is 2. The quantitative estimate of drug-likeness (QED) is 0.717. The van der Waals surface area contributed by atoms with Crippen LogP contribution in [0.1, 0.15) is 36.2 Å². The molecular formula is C20H22ClNO4. The molecule has 0 aliphatic heterocycles. The van der Waals surface area contributed by atoms with Crippen molar-refractivity contribution in [3.63, 3.8) is 0 Å². The van der Waals surface area contributed by atoms with Crippen molar-refractivity contribution < 1.29 is 19.1 Å². The van der Waals surface area contributed by atoms with Gasteiger partial charge in [-0.2, -0.15) is 0 Å². The normalized spacial score (nSPS) is 11.5. The van der Waals surface area contributed by atoms with Crippen LogP contribution in [0.15, 0.2) is 42.5 Å². The van der Waals surface area contributed by atoms with E-state index in [2.05, 4.69) is 5.32 Å². The second kappa shape index (κ2) is 9.25. The lowest BCUT2D eigenvalue weighted by Gasteiger charge is -2.18. The van der Waals surface area contributed by atoms with Crippen molar-refractivity contribution in [1.82, 2.24) is 0 Å². The third kappa shape index (κ3) is 5.23. The fourth-order valence-corrected chi connectivity index (χ4v) is 2.42. The summed E-state index contributed by atoms with van der Waals surface area (Å²) in [6, 6.07) is 11.8. The molecule has 0 heterocycles. The third-order valence-corrected chi connectivity index (χ3v) is 4.16. The van der Waals surface area contributed by atoms with E-state index in [-0.39, 0.29) is 5.91 Å². The number of hydrogen-bond donors (Lipinski definition) is 1. The van der Waals surface area contributed by atoms with Gasteiger partial charge in [0.2, 0.25) is 0 Å². The molecule has 2 rings (SSSR count). The molecule has 26 heavy (non-hydrogen) atoms. The molecular weight excluding hydrogens is 354 g/mol.